The normalized spacial score (nSPS) is 21.3. The van der Waals surface area contributed by atoms with Crippen LogP contribution < -0.4 is 0 Å². The van der Waals surface area contributed by atoms with E-state index in [1.165, 1.54) is 12.1 Å². The molecule has 3 rings (SSSR count). The summed E-state index contributed by atoms with van der Waals surface area (Å²) in [5.74, 6) is -0.279. The van der Waals surface area contributed by atoms with Crippen LogP contribution in [0.15, 0.2) is 30.5 Å². The number of benzene rings is 1. The minimum Gasteiger partial charge on any atom is -0.396 e. The predicted molar refractivity (Wildman–Crippen MR) is 86.6 cm³/mol. The molecule has 1 amide bonds. The van der Waals surface area contributed by atoms with Crippen LogP contribution in [0, 0.1) is 11.7 Å². The quantitative estimate of drug-likeness (QED) is 0.947. The highest BCUT2D eigenvalue weighted by Gasteiger charge is 2.28. The van der Waals surface area contributed by atoms with E-state index in [1.54, 1.807) is 30.3 Å². The van der Waals surface area contributed by atoms with E-state index in [-0.39, 0.29) is 18.6 Å². The van der Waals surface area contributed by atoms with Gasteiger partial charge in [-0.25, -0.2) is 4.39 Å². The van der Waals surface area contributed by atoms with Gasteiger partial charge in [0.15, 0.2) is 0 Å². The van der Waals surface area contributed by atoms with Crippen molar-refractivity contribution in [1.29, 1.82) is 0 Å². The summed E-state index contributed by atoms with van der Waals surface area (Å²) in [7, 11) is 1.77. The van der Waals surface area contributed by atoms with Crippen molar-refractivity contribution in [2.45, 2.75) is 31.7 Å². The van der Waals surface area contributed by atoms with Gasteiger partial charge in [-0.3, -0.25) is 9.78 Å². The van der Waals surface area contributed by atoms with Crippen molar-refractivity contribution < 1.29 is 14.3 Å². The van der Waals surface area contributed by atoms with Gasteiger partial charge in [0, 0.05) is 31.3 Å². The van der Waals surface area contributed by atoms with Crippen LogP contribution in [0.4, 0.5) is 4.39 Å². The van der Waals surface area contributed by atoms with Gasteiger partial charge >= 0.3 is 0 Å². The van der Waals surface area contributed by atoms with E-state index < -0.39 is 5.82 Å². The van der Waals surface area contributed by atoms with Crippen molar-refractivity contribution in [1.82, 2.24) is 9.88 Å². The highest BCUT2D eigenvalue weighted by atomic mass is 19.1. The van der Waals surface area contributed by atoms with Crippen molar-refractivity contribution >= 4 is 16.8 Å². The molecule has 2 aromatic rings. The van der Waals surface area contributed by atoms with Crippen LogP contribution in [0.1, 0.15) is 36.0 Å². The van der Waals surface area contributed by atoms with E-state index in [1.807, 2.05) is 0 Å². The van der Waals surface area contributed by atoms with Crippen molar-refractivity contribution in [2.24, 2.45) is 5.92 Å². The number of rotatable bonds is 3. The number of hydrogen-bond acceptors (Lipinski definition) is 3. The molecule has 1 aromatic heterocycles. The monoisotopic (exact) mass is 316 g/mol. The topological polar surface area (TPSA) is 53.4 Å². The molecule has 0 aliphatic heterocycles. The lowest BCUT2D eigenvalue weighted by Gasteiger charge is -2.34. The zero-order chi connectivity index (χ0) is 16.4. The second kappa shape index (κ2) is 6.62. The molecular weight excluding hydrogens is 295 g/mol. The van der Waals surface area contributed by atoms with Gasteiger partial charge in [0.1, 0.15) is 5.82 Å². The summed E-state index contributed by atoms with van der Waals surface area (Å²) >= 11 is 0. The molecule has 122 valence electrons. The molecule has 4 nitrogen and oxygen atoms in total. The maximum atomic E-state index is 13.8. The zero-order valence-corrected chi connectivity index (χ0v) is 13.2. The Bertz CT molecular complexity index is 711. The average molecular weight is 316 g/mol. The molecule has 1 aliphatic rings. The predicted octanol–water partition coefficient (Wildman–Crippen LogP) is 3.00. The fourth-order valence-electron chi connectivity index (χ4n) is 3.39. The third-order valence-corrected chi connectivity index (χ3v) is 4.84. The van der Waals surface area contributed by atoms with Gasteiger partial charge in [-0.05, 0) is 49.8 Å². The highest BCUT2D eigenvalue weighted by molar-refractivity contribution is 6.05. The first-order chi connectivity index (χ1) is 11.1. The molecule has 1 fully saturated rings. The maximum Gasteiger partial charge on any atom is 0.256 e. The summed E-state index contributed by atoms with van der Waals surface area (Å²) in [5, 5.41) is 9.85. The van der Waals surface area contributed by atoms with Crippen LogP contribution >= 0.6 is 0 Å². The lowest BCUT2D eigenvalue weighted by molar-refractivity contribution is 0.0654. The van der Waals surface area contributed by atoms with Crippen molar-refractivity contribution in [3.05, 3.63) is 41.8 Å². The second-order valence-corrected chi connectivity index (χ2v) is 6.30. The second-order valence-electron chi connectivity index (χ2n) is 6.30. The van der Waals surface area contributed by atoms with E-state index in [2.05, 4.69) is 4.98 Å². The minimum absolute atomic E-state index is 0.132. The number of nitrogens with zero attached hydrogens (tertiary/aromatic N) is 2. The van der Waals surface area contributed by atoms with Crippen LogP contribution in [0.2, 0.25) is 0 Å². The Balaban J connectivity index is 1.85. The molecule has 1 N–H and O–H groups in total. The fourth-order valence-corrected chi connectivity index (χ4v) is 3.39. The Kier molecular flexibility index (Phi) is 4.57. The largest absolute Gasteiger partial charge is 0.396 e. The minimum atomic E-state index is -0.425. The Hall–Kier alpha value is -2.01. The summed E-state index contributed by atoms with van der Waals surface area (Å²) in [6.45, 7) is 0.211. The Morgan fingerprint density at radius 2 is 2.09 bits per heavy atom. The SMILES string of the molecule is CN(C(=O)c1cc(F)cc2cccnc12)C1CCC(CO)CC1. The number of carbonyl (C=O) groups excluding carboxylic acids is 1. The summed E-state index contributed by atoms with van der Waals surface area (Å²) in [6, 6.07) is 6.29. The van der Waals surface area contributed by atoms with E-state index >= 15 is 0 Å². The standard InChI is InChI=1S/C18H21FN2O2/c1-21(15-6-4-12(11-22)5-7-15)18(23)16-10-14(19)9-13-3-2-8-20-17(13)16/h2-3,8-10,12,15,22H,4-7,11H2,1H3. The molecule has 1 aromatic carbocycles. The summed E-state index contributed by atoms with van der Waals surface area (Å²) < 4.78 is 13.8. The molecule has 0 saturated heterocycles. The van der Waals surface area contributed by atoms with Crippen LogP contribution in [0.5, 0.6) is 0 Å². The molecule has 0 atom stereocenters. The molecule has 0 bridgehead atoms. The molecular formula is C18H21FN2O2. The van der Waals surface area contributed by atoms with Crippen molar-refractivity contribution in [3.8, 4) is 0 Å². The number of pyridine rings is 1. The summed E-state index contributed by atoms with van der Waals surface area (Å²) in [4.78, 5) is 18.8. The van der Waals surface area contributed by atoms with Gasteiger partial charge in [0.05, 0.1) is 11.1 Å². The number of fused-ring (bicyclic) bond motifs is 1. The van der Waals surface area contributed by atoms with Crippen LogP contribution in [0.3, 0.4) is 0 Å². The molecule has 1 aliphatic carbocycles. The molecule has 23 heavy (non-hydrogen) atoms. The number of aromatic nitrogens is 1. The van der Waals surface area contributed by atoms with Crippen molar-refractivity contribution in [2.75, 3.05) is 13.7 Å². The third-order valence-electron chi connectivity index (χ3n) is 4.84. The van der Waals surface area contributed by atoms with E-state index in [0.717, 1.165) is 25.7 Å². The lowest BCUT2D eigenvalue weighted by atomic mass is 9.86. The fraction of sp³-hybridized carbons (Fsp3) is 0.444. The Morgan fingerprint density at radius 3 is 2.78 bits per heavy atom. The van der Waals surface area contributed by atoms with Gasteiger partial charge in [-0.1, -0.05) is 6.07 Å². The molecule has 1 saturated carbocycles. The molecule has 5 heteroatoms. The van der Waals surface area contributed by atoms with E-state index in [4.69, 9.17) is 0 Å². The van der Waals surface area contributed by atoms with Gasteiger partial charge in [-0.2, -0.15) is 0 Å². The maximum absolute atomic E-state index is 13.8. The van der Waals surface area contributed by atoms with E-state index in [9.17, 15) is 14.3 Å². The number of carbonyl (C=O) groups is 1. The first-order valence-electron chi connectivity index (χ1n) is 8.02. The van der Waals surface area contributed by atoms with Gasteiger partial charge < -0.3 is 10.0 Å². The molecule has 0 unspecified atom stereocenters. The highest BCUT2D eigenvalue weighted by Crippen LogP contribution is 2.28. The van der Waals surface area contributed by atoms with Crippen LogP contribution in [-0.2, 0) is 0 Å². The molecule has 1 heterocycles. The van der Waals surface area contributed by atoms with Crippen LogP contribution in [0.25, 0.3) is 10.9 Å². The Labute approximate surface area is 134 Å². The summed E-state index contributed by atoms with van der Waals surface area (Å²) in [6.07, 6.45) is 5.19. The smallest absolute Gasteiger partial charge is 0.256 e. The number of halogens is 1. The van der Waals surface area contributed by atoms with Gasteiger partial charge in [0.25, 0.3) is 5.91 Å². The Morgan fingerprint density at radius 1 is 1.35 bits per heavy atom. The van der Waals surface area contributed by atoms with Gasteiger partial charge in [0.2, 0.25) is 0 Å². The molecule has 0 spiro atoms. The number of aliphatic hydroxyl groups is 1. The number of amides is 1. The zero-order valence-electron chi connectivity index (χ0n) is 13.2. The summed E-state index contributed by atoms with van der Waals surface area (Å²) in [5.41, 5.74) is 0.849. The number of aliphatic hydroxyl groups excluding tert-OH is 1. The van der Waals surface area contributed by atoms with Gasteiger partial charge in [-0.15, -0.1) is 0 Å². The number of hydrogen-bond donors (Lipinski definition) is 1. The van der Waals surface area contributed by atoms with Crippen LogP contribution in [-0.4, -0.2) is 40.6 Å². The first kappa shape index (κ1) is 15.9. The molecule has 0 radical (unpaired) electrons. The van der Waals surface area contributed by atoms with Crippen molar-refractivity contribution in [3.63, 3.8) is 0 Å². The third kappa shape index (κ3) is 3.20. The van der Waals surface area contributed by atoms with E-state index in [0.29, 0.717) is 22.4 Å². The average Bonchev–Trinajstić information content (AvgIpc) is 2.59. The lowest BCUT2D eigenvalue weighted by Crippen LogP contribution is -2.40. The first-order valence-corrected chi connectivity index (χ1v) is 8.02.